The molecular weight excluding hydrogens is 349 g/mol. The largest absolute Gasteiger partial charge is 0.508 e. The lowest BCUT2D eigenvalue weighted by atomic mass is 10.0. The lowest BCUT2D eigenvalue weighted by molar-refractivity contribution is 0.154. The van der Waals surface area contributed by atoms with Crippen molar-refractivity contribution >= 4 is 6.03 Å². The van der Waals surface area contributed by atoms with Gasteiger partial charge in [0.2, 0.25) is 0 Å². The Morgan fingerprint density at radius 2 is 1.78 bits per heavy atom. The number of carbonyl (C=O) groups excluding carboxylic acids is 1. The number of halogens is 1. The number of hydrogen-bond acceptors (Lipinski definition) is 4. The number of rotatable bonds is 5. The summed E-state index contributed by atoms with van der Waals surface area (Å²) in [5.74, 6) is -0.913. The van der Waals surface area contributed by atoms with Gasteiger partial charge in [-0.15, -0.1) is 0 Å². The molecule has 0 bridgehead atoms. The summed E-state index contributed by atoms with van der Waals surface area (Å²) in [4.78, 5) is 14.6. The van der Waals surface area contributed by atoms with E-state index in [0.29, 0.717) is 18.7 Å². The third kappa shape index (κ3) is 5.10. The van der Waals surface area contributed by atoms with Crippen LogP contribution in [0.5, 0.6) is 11.5 Å². The third-order valence-corrected chi connectivity index (χ3v) is 4.75. The van der Waals surface area contributed by atoms with Crippen LogP contribution >= 0.6 is 0 Å². The van der Waals surface area contributed by atoms with Crippen LogP contribution in [-0.4, -0.2) is 40.3 Å². The maximum Gasteiger partial charge on any atom is 0.318 e. The second kappa shape index (κ2) is 8.73. The number of carbonyl (C=O) groups is 1. The first-order valence-electron chi connectivity index (χ1n) is 9.03. The molecule has 1 saturated heterocycles. The van der Waals surface area contributed by atoms with Crippen molar-refractivity contribution in [3.8, 4) is 11.5 Å². The van der Waals surface area contributed by atoms with Crippen LogP contribution in [0.25, 0.3) is 0 Å². The van der Waals surface area contributed by atoms with Gasteiger partial charge in [0.25, 0.3) is 0 Å². The second-order valence-electron chi connectivity index (χ2n) is 6.72. The predicted molar refractivity (Wildman–Crippen MR) is 99.8 cm³/mol. The van der Waals surface area contributed by atoms with Gasteiger partial charge in [-0.3, -0.25) is 0 Å². The molecule has 1 aliphatic rings. The smallest absolute Gasteiger partial charge is 0.318 e. The third-order valence-electron chi connectivity index (χ3n) is 4.75. The summed E-state index contributed by atoms with van der Waals surface area (Å²) in [6, 6.07) is 10.7. The fourth-order valence-electron chi connectivity index (χ4n) is 3.23. The fourth-order valence-corrected chi connectivity index (χ4v) is 3.23. The molecule has 0 radical (unpaired) electrons. The van der Waals surface area contributed by atoms with E-state index in [1.165, 1.54) is 12.1 Å². The SMILES string of the molecule is O=C(NCc1ccc(O)cc1)N(Cc1ccc(F)c(O)c1)C1CCNCC1. The molecule has 0 unspecified atom stereocenters. The minimum atomic E-state index is -0.677. The minimum absolute atomic E-state index is 0.0678. The highest BCUT2D eigenvalue weighted by molar-refractivity contribution is 5.74. The Morgan fingerprint density at radius 3 is 2.44 bits per heavy atom. The lowest BCUT2D eigenvalue weighted by Crippen LogP contribution is -2.49. The molecule has 1 aliphatic heterocycles. The standard InChI is InChI=1S/C20H24FN3O3/c21-18-6-3-15(11-19(18)26)13-24(16-7-9-22-10-8-16)20(27)23-12-14-1-4-17(25)5-2-14/h1-6,11,16,22,25-26H,7-10,12-13H2,(H,23,27). The number of aromatic hydroxyl groups is 2. The first-order chi connectivity index (χ1) is 13.0. The number of nitrogens with zero attached hydrogens (tertiary/aromatic N) is 1. The van der Waals surface area contributed by atoms with E-state index in [4.69, 9.17) is 0 Å². The van der Waals surface area contributed by atoms with Gasteiger partial charge >= 0.3 is 6.03 Å². The zero-order chi connectivity index (χ0) is 19.2. The molecule has 144 valence electrons. The van der Waals surface area contributed by atoms with Crippen LogP contribution in [0.2, 0.25) is 0 Å². The van der Waals surface area contributed by atoms with E-state index in [-0.39, 0.29) is 17.8 Å². The van der Waals surface area contributed by atoms with Crippen LogP contribution in [0, 0.1) is 5.82 Å². The van der Waals surface area contributed by atoms with Gasteiger partial charge in [0, 0.05) is 19.1 Å². The summed E-state index contributed by atoms with van der Waals surface area (Å²) in [6.07, 6.45) is 1.67. The number of amides is 2. The van der Waals surface area contributed by atoms with Crippen LogP contribution in [-0.2, 0) is 13.1 Å². The predicted octanol–water partition coefficient (Wildman–Crippen LogP) is 2.70. The molecule has 4 N–H and O–H groups in total. The number of phenolic OH excluding ortho intramolecular Hbond substituents is 2. The van der Waals surface area contributed by atoms with Crippen molar-refractivity contribution in [3.63, 3.8) is 0 Å². The zero-order valence-electron chi connectivity index (χ0n) is 15.0. The Labute approximate surface area is 157 Å². The number of hydrogen-bond donors (Lipinski definition) is 4. The Hall–Kier alpha value is -2.80. The van der Waals surface area contributed by atoms with Crippen molar-refractivity contribution in [3.05, 3.63) is 59.4 Å². The molecule has 3 rings (SSSR count). The highest BCUT2D eigenvalue weighted by Crippen LogP contribution is 2.21. The van der Waals surface area contributed by atoms with Crippen molar-refractivity contribution in [2.24, 2.45) is 0 Å². The molecule has 0 aromatic heterocycles. The van der Waals surface area contributed by atoms with Gasteiger partial charge in [0.15, 0.2) is 11.6 Å². The highest BCUT2D eigenvalue weighted by atomic mass is 19.1. The molecule has 7 heteroatoms. The quantitative estimate of drug-likeness (QED) is 0.649. The molecule has 0 aliphatic carbocycles. The first-order valence-corrected chi connectivity index (χ1v) is 9.03. The topological polar surface area (TPSA) is 84.8 Å². The summed E-state index contributed by atoms with van der Waals surface area (Å²) >= 11 is 0. The van der Waals surface area contributed by atoms with Crippen LogP contribution in [0.15, 0.2) is 42.5 Å². The van der Waals surface area contributed by atoms with Crippen LogP contribution in [0.4, 0.5) is 9.18 Å². The molecule has 0 saturated carbocycles. The van der Waals surface area contributed by atoms with Gasteiger partial charge in [0.1, 0.15) is 5.75 Å². The first kappa shape index (κ1) is 19.0. The van der Waals surface area contributed by atoms with Crippen molar-refractivity contribution in [2.45, 2.75) is 32.0 Å². The van der Waals surface area contributed by atoms with E-state index in [0.717, 1.165) is 31.5 Å². The Morgan fingerprint density at radius 1 is 1.11 bits per heavy atom. The number of nitrogens with one attached hydrogen (secondary N) is 2. The van der Waals surface area contributed by atoms with Crippen molar-refractivity contribution in [1.82, 2.24) is 15.5 Å². The molecule has 0 atom stereocenters. The molecule has 1 heterocycles. The summed E-state index contributed by atoms with van der Waals surface area (Å²) in [7, 11) is 0. The van der Waals surface area contributed by atoms with E-state index < -0.39 is 11.6 Å². The molecule has 1 fully saturated rings. The summed E-state index contributed by atoms with van der Waals surface area (Å²) in [5, 5.41) is 25.2. The second-order valence-corrected chi connectivity index (χ2v) is 6.72. The van der Waals surface area contributed by atoms with Crippen molar-refractivity contribution in [1.29, 1.82) is 0 Å². The summed E-state index contributed by atoms with van der Waals surface area (Å²) < 4.78 is 13.3. The molecule has 0 spiro atoms. The maximum atomic E-state index is 13.3. The van der Waals surface area contributed by atoms with E-state index in [2.05, 4.69) is 10.6 Å². The Balaban J connectivity index is 1.70. The van der Waals surface area contributed by atoms with Crippen LogP contribution in [0.1, 0.15) is 24.0 Å². The number of piperidine rings is 1. The van der Waals surface area contributed by atoms with E-state index in [1.54, 1.807) is 35.2 Å². The highest BCUT2D eigenvalue weighted by Gasteiger charge is 2.25. The van der Waals surface area contributed by atoms with Crippen LogP contribution in [0.3, 0.4) is 0 Å². The van der Waals surface area contributed by atoms with Gasteiger partial charge in [-0.2, -0.15) is 0 Å². The average Bonchev–Trinajstić information content (AvgIpc) is 2.69. The normalized spacial score (nSPS) is 14.7. The molecular formula is C20H24FN3O3. The lowest BCUT2D eigenvalue weighted by Gasteiger charge is -2.35. The van der Waals surface area contributed by atoms with Crippen molar-refractivity contribution < 1.29 is 19.4 Å². The van der Waals surface area contributed by atoms with Crippen molar-refractivity contribution in [2.75, 3.05) is 13.1 Å². The van der Waals surface area contributed by atoms with Gasteiger partial charge in [-0.05, 0) is 61.3 Å². The van der Waals surface area contributed by atoms with Crippen LogP contribution < -0.4 is 10.6 Å². The number of benzene rings is 2. The van der Waals surface area contributed by atoms with Gasteiger partial charge in [0.05, 0.1) is 0 Å². The number of phenols is 2. The Kier molecular flexibility index (Phi) is 6.13. The monoisotopic (exact) mass is 373 g/mol. The average molecular weight is 373 g/mol. The van der Waals surface area contributed by atoms with E-state index in [9.17, 15) is 19.4 Å². The van der Waals surface area contributed by atoms with Gasteiger partial charge < -0.3 is 25.7 Å². The van der Waals surface area contributed by atoms with Gasteiger partial charge in [-0.25, -0.2) is 9.18 Å². The number of urea groups is 1. The molecule has 2 aromatic rings. The fraction of sp³-hybridized carbons (Fsp3) is 0.350. The van der Waals surface area contributed by atoms with Gasteiger partial charge in [-0.1, -0.05) is 18.2 Å². The Bertz CT molecular complexity index is 777. The van der Waals surface area contributed by atoms with E-state index >= 15 is 0 Å². The molecule has 6 nitrogen and oxygen atoms in total. The summed E-state index contributed by atoms with van der Waals surface area (Å²) in [5.41, 5.74) is 1.55. The zero-order valence-corrected chi connectivity index (χ0v) is 15.0. The van der Waals surface area contributed by atoms with E-state index in [1.807, 2.05) is 0 Å². The summed E-state index contributed by atoms with van der Waals surface area (Å²) in [6.45, 7) is 2.30. The maximum absolute atomic E-state index is 13.3. The molecule has 2 amide bonds. The molecule has 27 heavy (non-hydrogen) atoms. The molecule has 2 aromatic carbocycles. The minimum Gasteiger partial charge on any atom is -0.508 e.